The van der Waals surface area contributed by atoms with Gasteiger partial charge in [-0.2, -0.15) is 0 Å². The summed E-state index contributed by atoms with van der Waals surface area (Å²) >= 11 is 0. The molecule has 0 spiro atoms. The van der Waals surface area contributed by atoms with Gasteiger partial charge in [-0.1, -0.05) is 6.42 Å². The minimum absolute atomic E-state index is 0.0114. The van der Waals surface area contributed by atoms with Crippen LogP contribution in [0.25, 0.3) is 0 Å². The number of nitrogens with one attached hydrogen (secondary N) is 3. The molecular weight excluding hydrogens is 400 g/mol. The lowest BCUT2D eigenvalue weighted by Gasteiger charge is -2.46. The highest BCUT2D eigenvalue weighted by molar-refractivity contribution is 7.89. The standard InChI is InChI=1S/C21H44N6O2S/c1-5-30(28,29)25-20-12-19(24-21-18(20)13-23-27(21)15(2)3)17-8-6-7-16(11-17)14-26(4)10-9-22/h15-21,23-25H,5-14,22H2,1-4H3. The van der Waals surface area contributed by atoms with E-state index >= 15 is 0 Å². The fraction of sp³-hybridized carbons (Fsp3) is 1.00. The van der Waals surface area contributed by atoms with E-state index in [0.717, 1.165) is 26.1 Å². The highest BCUT2D eigenvalue weighted by atomic mass is 32.2. The van der Waals surface area contributed by atoms with Crippen LogP contribution in [-0.2, 0) is 10.0 Å². The van der Waals surface area contributed by atoms with E-state index in [1.54, 1.807) is 6.92 Å². The number of hydrazine groups is 1. The van der Waals surface area contributed by atoms with Crippen LogP contribution < -0.4 is 21.2 Å². The lowest BCUT2D eigenvalue weighted by molar-refractivity contribution is 0.0428. The summed E-state index contributed by atoms with van der Waals surface area (Å²) in [4.78, 5) is 2.36. The Morgan fingerprint density at radius 2 is 2.03 bits per heavy atom. The third-order valence-corrected chi connectivity index (χ3v) is 8.79. The Labute approximate surface area is 183 Å². The molecule has 176 valence electrons. The Bertz CT molecular complexity index is 645. The summed E-state index contributed by atoms with van der Waals surface area (Å²) in [6.07, 6.45) is 6.05. The number of hydrogen-bond acceptors (Lipinski definition) is 7. The zero-order valence-corrected chi connectivity index (χ0v) is 20.1. The number of piperidine rings is 1. The molecule has 5 N–H and O–H groups in total. The van der Waals surface area contributed by atoms with Crippen molar-refractivity contribution in [3.05, 3.63) is 0 Å². The van der Waals surface area contributed by atoms with Crippen molar-refractivity contribution in [3.63, 3.8) is 0 Å². The van der Waals surface area contributed by atoms with Crippen LogP contribution in [0.3, 0.4) is 0 Å². The molecule has 0 aromatic rings. The first-order valence-electron chi connectivity index (χ1n) is 11.9. The molecule has 8 nitrogen and oxygen atoms in total. The zero-order valence-electron chi connectivity index (χ0n) is 19.3. The average molecular weight is 445 g/mol. The second kappa shape index (κ2) is 10.6. The van der Waals surface area contributed by atoms with Gasteiger partial charge in [-0.05, 0) is 65.3 Å². The summed E-state index contributed by atoms with van der Waals surface area (Å²) < 4.78 is 27.9. The van der Waals surface area contributed by atoms with Gasteiger partial charge in [0.05, 0.1) is 11.9 Å². The van der Waals surface area contributed by atoms with Crippen molar-refractivity contribution in [2.75, 3.05) is 39.0 Å². The molecular formula is C21H44N6O2S. The smallest absolute Gasteiger partial charge is 0.211 e. The zero-order chi connectivity index (χ0) is 21.9. The van der Waals surface area contributed by atoms with E-state index in [9.17, 15) is 8.42 Å². The van der Waals surface area contributed by atoms with Gasteiger partial charge in [-0.15, -0.1) is 0 Å². The third kappa shape index (κ3) is 5.94. The van der Waals surface area contributed by atoms with E-state index in [1.807, 2.05) is 0 Å². The first-order valence-corrected chi connectivity index (χ1v) is 13.6. The average Bonchev–Trinajstić information content (AvgIpc) is 3.13. The molecule has 2 heterocycles. The predicted molar refractivity (Wildman–Crippen MR) is 122 cm³/mol. The largest absolute Gasteiger partial charge is 0.329 e. The van der Waals surface area contributed by atoms with Gasteiger partial charge in [0.15, 0.2) is 0 Å². The fourth-order valence-corrected chi connectivity index (χ4v) is 6.73. The molecule has 6 unspecified atom stereocenters. The highest BCUT2D eigenvalue weighted by Gasteiger charge is 2.47. The Balaban J connectivity index is 1.72. The molecule has 0 bridgehead atoms. The van der Waals surface area contributed by atoms with Crippen molar-refractivity contribution in [2.45, 2.75) is 77.2 Å². The van der Waals surface area contributed by atoms with Gasteiger partial charge < -0.3 is 10.6 Å². The number of nitrogens with zero attached hydrogens (tertiary/aromatic N) is 2. The molecule has 3 rings (SSSR count). The van der Waals surface area contributed by atoms with Gasteiger partial charge in [0.2, 0.25) is 10.0 Å². The second-order valence-corrected chi connectivity index (χ2v) is 12.0. The molecule has 0 aromatic carbocycles. The number of sulfonamides is 1. The summed E-state index contributed by atoms with van der Waals surface area (Å²) in [5.74, 6) is 1.69. The van der Waals surface area contributed by atoms with Crippen LogP contribution in [-0.4, -0.2) is 81.6 Å². The fourth-order valence-electron chi connectivity index (χ4n) is 5.83. The van der Waals surface area contributed by atoms with Crippen LogP contribution >= 0.6 is 0 Å². The summed E-state index contributed by atoms with van der Waals surface area (Å²) in [5.41, 5.74) is 9.25. The van der Waals surface area contributed by atoms with Crippen molar-refractivity contribution in [1.29, 1.82) is 0 Å². The van der Waals surface area contributed by atoms with Crippen LogP contribution in [0, 0.1) is 17.8 Å². The second-order valence-electron chi connectivity index (χ2n) is 9.95. The van der Waals surface area contributed by atoms with E-state index in [2.05, 4.69) is 46.3 Å². The van der Waals surface area contributed by atoms with E-state index in [0.29, 0.717) is 30.5 Å². The van der Waals surface area contributed by atoms with Gasteiger partial charge in [0, 0.05) is 50.2 Å². The summed E-state index contributed by atoms with van der Waals surface area (Å²) in [6.45, 7) is 9.68. The number of rotatable bonds is 9. The topological polar surface area (TPSA) is 103 Å². The SMILES string of the molecule is CCS(=O)(=O)NC1CC(C2CCCC(CN(C)CCN)C2)NC2C1CNN2C(C)C. The van der Waals surface area contributed by atoms with E-state index in [-0.39, 0.29) is 23.9 Å². The minimum atomic E-state index is -3.23. The van der Waals surface area contributed by atoms with E-state index < -0.39 is 10.0 Å². The van der Waals surface area contributed by atoms with Gasteiger partial charge in [0.1, 0.15) is 0 Å². The van der Waals surface area contributed by atoms with Crippen molar-refractivity contribution in [1.82, 2.24) is 25.4 Å². The molecule has 1 saturated carbocycles. The molecule has 1 aliphatic carbocycles. The van der Waals surface area contributed by atoms with E-state index in [4.69, 9.17) is 5.73 Å². The molecule has 3 fully saturated rings. The number of fused-ring (bicyclic) bond motifs is 1. The number of likely N-dealkylation sites (N-methyl/N-ethyl adjacent to an activating group) is 1. The third-order valence-electron chi connectivity index (χ3n) is 7.36. The van der Waals surface area contributed by atoms with Crippen LogP contribution in [0.15, 0.2) is 0 Å². The summed E-state index contributed by atoms with van der Waals surface area (Å²) in [7, 11) is -1.06. The summed E-state index contributed by atoms with van der Waals surface area (Å²) in [6, 6.07) is 0.695. The van der Waals surface area contributed by atoms with Crippen molar-refractivity contribution >= 4 is 10.0 Å². The van der Waals surface area contributed by atoms with Gasteiger partial charge in [0.25, 0.3) is 0 Å². The van der Waals surface area contributed by atoms with Crippen LogP contribution in [0.5, 0.6) is 0 Å². The molecule has 2 aliphatic heterocycles. The number of hydrogen-bond donors (Lipinski definition) is 4. The van der Waals surface area contributed by atoms with Crippen LogP contribution in [0.2, 0.25) is 0 Å². The Hall–Kier alpha value is -0.290. The van der Waals surface area contributed by atoms with Gasteiger partial charge in [-0.25, -0.2) is 18.1 Å². The van der Waals surface area contributed by atoms with E-state index in [1.165, 1.54) is 25.7 Å². The maximum absolute atomic E-state index is 12.4. The predicted octanol–water partition coefficient (Wildman–Crippen LogP) is 0.524. The maximum Gasteiger partial charge on any atom is 0.211 e. The van der Waals surface area contributed by atoms with Crippen molar-refractivity contribution in [2.24, 2.45) is 23.5 Å². The van der Waals surface area contributed by atoms with Gasteiger partial charge in [-0.3, -0.25) is 10.7 Å². The normalized spacial score (nSPS) is 35.8. The molecule has 0 radical (unpaired) electrons. The molecule has 0 aromatic heterocycles. The molecule has 2 saturated heterocycles. The quantitative estimate of drug-likeness (QED) is 0.411. The minimum Gasteiger partial charge on any atom is -0.329 e. The lowest BCUT2D eigenvalue weighted by atomic mass is 9.73. The Morgan fingerprint density at radius 1 is 1.27 bits per heavy atom. The monoisotopic (exact) mass is 444 g/mol. The Morgan fingerprint density at radius 3 is 2.70 bits per heavy atom. The van der Waals surface area contributed by atoms with Crippen molar-refractivity contribution in [3.8, 4) is 0 Å². The molecule has 6 atom stereocenters. The molecule has 9 heteroatoms. The van der Waals surface area contributed by atoms with Crippen molar-refractivity contribution < 1.29 is 8.42 Å². The van der Waals surface area contributed by atoms with Gasteiger partial charge >= 0.3 is 0 Å². The van der Waals surface area contributed by atoms with Crippen LogP contribution in [0.1, 0.15) is 52.9 Å². The molecule has 30 heavy (non-hydrogen) atoms. The first kappa shape index (κ1) is 24.4. The Kier molecular flexibility index (Phi) is 8.57. The maximum atomic E-state index is 12.4. The first-order chi connectivity index (χ1) is 14.2. The summed E-state index contributed by atoms with van der Waals surface area (Å²) in [5, 5.41) is 6.24. The number of nitrogens with two attached hydrogens (primary N) is 1. The lowest BCUT2D eigenvalue weighted by Crippen LogP contribution is -2.64. The highest BCUT2D eigenvalue weighted by Crippen LogP contribution is 2.37. The van der Waals surface area contributed by atoms with Crippen LogP contribution in [0.4, 0.5) is 0 Å². The molecule has 0 amide bonds. The molecule has 3 aliphatic rings.